The zero-order chi connectivity index (χ0) is 32.0. The summed E-state index contributed by atoms with van der Waals surface area (Å²) in [4.78, 5) is 14.4. The molecule has 0 spiro atoms. The summed E-state index contributed by atoms with van der Waals surface area (Å²) in [6.45, 7) is 3.92. The van der Waals surface area contributed by atoms with Crippen molar-refractivity contribution < 1.29 is 19.4 Å². The topological polar surface area (TPSA) is 71.0 Å². The second-order valence-electron chi connectivity index (χ2n) is 11.5. The molecule has 4 aromatic rings. The van der Waals surface area contributed by atoms with Gasteiger partial charge in [-0.15, -0.1) is 0 Å². The lowest BCUT2D eigenvalue weighted by molar-refractivity contribution is -0.276. The molecule has 5 rings (SSSR count). The molecule has 1 aliphatic rings. The maximum absolute atomic E-state index is 12.1. The summed E-state index contributed by atoms with van der Waals surface area (Å²) in [5.74, 6) is -0.600. The highest BCUT2D eigenvalue weighted by Crippen LogP contribution is 2.42. The number of halogens is 3. The largest absolute Gasteiger partial charge is 0.392 e. The fourth-order valence-corrected chi connectivity index (χ4v) is 5.85. The lowest BCUT2D eigenvalue weighted by Crippen LogP contribution is -2.43. The van der Waals surface area contributed by atoms with Crippen LogP contribution in [0.5, 0.6) is 0 Å². The molecule has 0 bridgehead atoms. The third-order valence-corrected chi connectivity index (χ3v) is 8.63. The van der Waals surface area contributed by atoms with Crippen molar-refractivity contribution in [2.75, 3.05) is 13.6 Å². The molecule has 45 heavy (non-hydrogen) atoms. The van der Waals surface area contributed by atoms with Crippen molar-refractivity contribution in [1.29, 1.82) is 0 Å². The van der Waals surface area contributed by atoms with Crippen LogP contribution >= 0.6 is 34.8 Å². The first-order chi connectivity index (χ1) is 21.6. The van der Waals surface area contributed by atoms with E-state index >= 15 is 0 Å². The van der Waals surface area contributed by atoms with Crippen LogP contribution in [0.4, 0.5) is 0 Å². The standard InChI is InChI=1S/C36H37Cl3N2O4/c1-24-32(22-41(2)21-25-8-4-3-5-9-25)44-34(45-33(24)28-14-12-26(23-42)13-15-28)29-18-16-27(17-19-29)31-11-7-6-10-30(31)20-40-35(43)36(37,38)39/h3-19,24,32-34,42H,20-23H2,1-2H3,(H,40,43)/t24-,32+,33+,34+/m0/s1. The van der Waals surface area contributed by atoms with Gasteiger partial charge in [0.1, 0.15) is 0 Å². The van der Waals surface area contributed by atoms with Crippen LogP contribution in [0.2, 0.25) is 0 Å². The van der Waals surface area contributed by atoms with Gasteiger partial charge in [-0.1, -0.05) is 145 Å². The Bertz CT molecular complexity index is 1550. The van der Waals surface area contributed by atoms with Crippen LogP contribution in [0.15, 0.2) is 103 Å². The molecule has 6 nitrogen and oxygen atoms in total. The molecule has 2 N–H and O–H groups in total. The number of alkyl halides is 3. The van der Waals surface area contributed by atoms with Crippen molar-refractivity contribution in [2.24, 2.45) is 5.92 Å². The van der Waals surface area contributed by atoms with Gasteiger partial charge in [0.25, 0.3) is 9.70 Å². The van der Waals surface area contributed by atoms with Gasteiger partial charge in [-0.3, -0.25) is 9.69 Å². The average molecular weight is 668 g/mol. The fraction of sp³-hybridized carbons (Fsp3) is 0.306. The quantitative estimate of drug-likeness (QED) is 0.169. The van der Waals surface area contributed by atoms with E-state index in [0.29, 0.717) is 0 Å². The Morgan fingerprint density at radius 2 is 1.49 bits per heavy atom. The number of carbonyl (C=O) groups is 1. The number of nitrogens with one attached hydrogen (secondary N) is 1. The third-order valence-electron chi connectivity index (χ3n) is 8.12. The molecule has 9 heteroatoms. The molecule has 236 valence electrons. The van der Waals surface area contributed by atoms with Gasteiger partial charge in [0.05, 0.1) is 18.8 Å². The molecule has 1 amide bonds. The Labute approximate surface area is 279 Å². The Hall–Kier alpha value is -2.94. The Kier molecular flexibility index (Phi) is 11.2. The average Bonchev–Trinajstić information content (AvgIpc) is 3.05. The van der Waals surface area contributed by atoms with E-state index in [2.05, 4.69) is 48.5 Å². The Balaban J connectivity index is 1.37. The van der Waals surface area contributed by atoms with Crippen LogP contribution in [0.3, 0.4) is 0 Å². The minimum Gasteiger partial charge on any atom is -0.392 e. The second-order valence-corrected chi connectivity index (χ2v) is 13.7. The summed E-state index contributed by atoms with van der Waals surface area (Å²) in [7, 11) is 2.11. The van der Waals surface area contributed by atoms with Crippen LogP contribution in [0, 0.1) is 5.92 Å². The maximum Gasteiger partial charge on any atom is 0.272 e. The van der Waals surface area contributed by atoms with Gasteiger partial charge in [-0.2, -0.15) is 0 Å². The molecule has 1 fully saturated rings. The summed E-state index contributed by atoms with van der Waals surface area (Å²) >= 11 is 17.2. The zero-order valence-corrected chi connectivity index (χ0v) is 27.5. The summed E-state index contributed by atoms with van der Waals surface area (Å²) in [5, 5.41) is 12.2. The Morgan fingerprint density at radius 1 is 0.844 bits per heavy atom. The minimum atomic E-state index is -2.03. The summed E-state index contributed by atoms with van der Waals surface area (Å²) in [5.41, 5.74) is 6.87. The van der Waals surface area contributed by atoms with Gasteiger partial charge in [-0.25, -0.2) is 0 Å². The van der Waals surface area contributed by atoms with Crippen LogP contribution in [0.25, 0.3) is 11.1 Å². The van der Waals surface area contributed by atoms with Gasteiger partial charge < -0.3 is 19.9 Å². The molecule has 0 unspecified atom stereocenters. The maximum atomic E-state index is 12.1. The van der Waals surface area contributed by atoms with Crippen molar-refractivity contribution in [3.63, 3.8) is 0 Å². The van der Waals surface area contributed by atoms with Crippen molar-refractivity contribution in [2.45, 2.75) is 48.9 Å². The summed E-state index contributed by atoms with van der Waals surface area (Å²) in [6.07, 6.45) is -0.873. The van der Waals surface area contributed by atoms with Crippen LogP contribution in [-0.4, -0.2) is 39.4 Å². The predicted molar refractivity (Wildman–Crippen MR) is 180 cm³/mol. The summed E-state index contributed by atoms with van der Waals surface area (Å²) < 4.78 is 11.3. The molecule has 1 saturated heterocycles. The van der Waals surface area contributed by atoms with Crippen molar-refractivity contribution >= 4 is 40.7 Å². The molecule has 0 radical (unpaired) electrons. The first kappa shape index (κ1) is 33.4. The SMILES string of the molecule is C[C@H]1[C@@H](CN(C)Cc2ccccc2)O[C@@H](c2ccc(-c3ccccc3CNC(=O)C(Cl)(Cl)Cl)cc2)O[C@H]1c1ccc(CO)cc1. The smallest absolute Gasteiger partial charge is 0.272 e. The highest BCUT2D eigenvalue weighted by molar-refractivity contribution is 6.76. The van der Waals surface area contributed by atoms with E-state index in [1.807, 2.05) is 78.9 Å². The fourth-order valence-electron chi connectivity index (χ4n) is 5.65. The molecule has 4 atom stereocenters. The Morgan fingerprint density at radius 3 is 2.16 bits per heavy atom. The molecule has 4 aromatic carbocycles. The van der Waals surface area contributed by atoms with Gasteiger partial charge >= 0.3 is 0 Å². The molecule has 1 heterocycles. The van der Waals surface area contributed by atoms with E-state index < -0.39 is 16.0 Å². The van der Waals surface area contributed by atoms with E-state index in [4.69, 9.17) is 44.3 Å². The predicted octanol–water partition coefficient (Wildman–Crippen LogP) is 7.76. The van der Waals surface area contributed by atoms with Crippen LogP contribution in [-0.2, 0) is 34.0 Å². The number of benzene rings is 4. The zero-order valence-electron chi connectivity index (χ0n) is 25.2. The third kappa shape index (κ3) is 8.66. The van der Waals surface area contributed by atoms with Crippen LogP contribution < -0.4 is 5.32 Å². The highest BCUT2D eigenvalue weighted by atomic mass is 35.6. The van der Waals surface area contributed by atoms with Crippen molar-refractivity contribution in [3.05, 3.63) is 131 Å². The normalized spacial score (nSPS) is 20.2. The molecule has 0 aromatic heterocycles. The number of rotatable bonds is 10. The van der Waals surface area contributed by atoms with Gasteiger partial charge in [0, 0.05) is 31.1 Å². The molecule has 0 aliphatic carbocycles. The number of aliphatic hydroxyl groups excluding tert-OH is 1. The van der Waals surface area contributed by atoms with Gasteiger partial charge in [0.15, 0.2) is 6.29 Å². The van der Waals surface area contributed by atoms with Crippen molar-refractivity contribution in [3.8, 4) is 11.1 Å². The molecule has 0 saturated carbocycles. The lowest BCUT2D eigenvalue weighted by atomic mass is 9.90. The van der Waals surface area contributed by atoms with Crippen molar-refractivity contribution in [1.82, 2.24) is 10.2 Å². The highest BCUT2D eigenvalue weighted by Gasteiger charge is 2.39. The van der Waals surface area contributed by atoms with E-state index in [1.165, 1.54) is 5.56 Å². The van der Waals surface area contributed by atoms with E-state index in [-0.39, 0.29) is 31.3 Å². The number of nitrogens with zero attached hydrogens (tertiary/aromatic N) is 1. The first-order valence-electron chi connectivity index (χ1n) is 14.9. The monoisotopic (exact) mass is 666 g/mol. The lowest BCUT2D eigenvalue weighted by Gasteiger charge is -2.42. The first-order valence-corrected chi connectivity index (χ1v) is 16.0. The number of carbonyl (C=O) groups excluding carboxylic acids is 1. The number of aliphatic hydroxyl groups is 1. The van der Waals surface area contributed by atoms with E-state index in [1.54, 1.807) is 0 Å². The number of amides is 1. The van der Waals surface area contributed by atoms with Crippen LogP contribution in [0.1, 0.15) is 47.1 Å². The van der Waals surface area contributed by atoms with Gasteiger partial charge in [-0.05, 0) is 40.4 Å². The summed E-state index contributed by atoms with van der Waals surface area (Å²) in [6, 6.07) is 34.2. The molecular weight excluding hydrogens is 631 g/mol. The number of hydrogen-bond acceptors (Lipinski definition) is 5. The molecule has 1 aliphatic heterocycles. The molecular formula is C36H37Cl3N2O4. The number of likely N-dealkylation sites (N-methyl/N-ethyl adjacent to an activating group) is 1. The van der Waals surface area contributed by atoms with E-state index in [0.717, 1.165) is 46.5 Å². The second kappa shape index (κ2) is 15.1. The van der Waals surface area contributed by atoms with E-state index in [9.17, 15) is 9.90 Å². The number of hydrogen-bond donors (Lipinski definition) is 2. The minimum absolute atomic E-state index is 0.00521. The number of ether oxygens (including phenoxy) is 2. The van der Waals surface area contributed by atoms with Gasteiger partial charge in [0.2, 0.25) is 0 Å².